The summed E-state index contributed by atoms with van der Waals surface area (Å²) in [7, 11) is 0. The third-order valence-corrected chi connectivity index (χ3v) is 4.85. The summed E-state index contributed by atoms with van der Waals surface area (Å²) in [5.74, 6) is 1.34. The molecular weight excluding hydrogens is 218 g/mol. The Kier molecular flexibility index (Phi) is 2.43. The molecule has 2 aliphatic rings. The molecule has 3 heteroatoms. The van der Waals surface area contributed by atoms with Gasteiger partial charge in [0, 0.05) is 29.2 Å². The van der Waals surface area contributed by atoms with E-state index in [9.17, 15) is 4.79 Å². The normalized spacial score (nSPS) is 27.4. The molecule has 0 radical (unpaired) electrons. The van der Waals surface area contributed by atoms with E-state index in [1.807, 2.05) is 43.0 Å². The van der Waals surface area contributed by atoms with Gasteiger partial charge in [0.1, 0.15) is 0 Å². The van der Waals surface area contributed by atoms with Gasteiger partial charge in [0.25, 0.3) is 5.91 Å². The maximum Gasteiger partial charge on any atom is 0.254 e. The standard InChI is InChI=1S/C13H15NOS/c1-9-2-4-10(5-3-9)13(15)14-7-12-6-11(14)8-16-12/h2-5,11-12H,6-8H2,1H3. The van der Waals surface area contributed by atoms with Crippen molar-refractivity contribution in [3.63, 3.8) is 0 Å². The van der Waals surface area contributed by atoms with Gasteiger partial charge in [-0.05, 0) is 25.5 Å². The molecule has 0 saturated carbocycles. The number of thioether (sulfide) groups is 1. The minimum absolute atomic E-state index is 0.216. The van der Waals surface area contributed by atoms with E-state index >= 15 is 0 Å². The highest BCUT2D eigenvalue weighted by Crippen LogP contribution is 2.38. The van der Waals surface area contributed by atoms with Crippen molar-refractivity contribution in [1.82, 2.24) is 4.90 Å². The molecule has 2 heterocycles. The number of likely N-dealkylation sites (tertiary alicyclic amines) is 1. The van der Waals surface area contributed by atoms with Crippen LogP contribution in [0.4, 0.5) is 0 Å². The molecule has 2 saturated heterocycles. The van der Waals surface area contributed by atoms with Gasteiger partial charge in [0.2, 0.25) is 0 Å². The highest BCUT2D eigenvalue weighted by Gasteiger charge is 2.40. The van der Waals surface area contributed by atoms with Crippen molar-refractivity contribution in [1.29, 1.82) is 0 Å². The molecule has 0 aromatic heterocycles. The summed E-state index contributed by atoms with van der Waals surface area (Å²) < 4.78 is 0. The van der Waals surface area contributed by atoms with Crippen molar-refractivity contribution in [2.75, 3.05) is 12.3 Å². The van der Waals surface area contributed by atoms with Gasteiger partial charge < -0.3 is 4.90 Å². The first-order chi connectivity index (χ1) is 7.74. The fourth-order valence-corrected chi connectivity index (χ4v) is 3.94. The number of hydrogen-bond donors (Lipinski definition) is 0. The van der Waals surface area contributed by atoms with E-state index in [1.54, 1.807) is 0 Å². The maximum absolute atomic E-state index is 12.3. The van der Waals surface area contributed by atoms with E-state index < -0.39 is 0 Å². The zero-order valence-corrected chi connectivity index (χ0v) is 10.2. The number of benzene rings is 1. The molecule has 1 amide bonds. The molecule has 2 aliphatic heterocycles. The van der Waals surface area contributed by atoms with Crippen LogP contribution in [0.3, 0.4) is 0 Å². The number of hydrogen-bond acceptors (Lipinski definition) is 2. The van der Waals surface area contributed by atoms with Crippen molar-refractivity contribution in [3.8, 4) is 0 Å². The van der Waals surface area contributed by atoms with Crippen molar-refractivity contribution in [2.45, 2.75) is 24.6 Å². The van der Waals surface area contributed by atoms with E-state index in [-0.39, 0.29) is 5.91 Å². The van der Waals surface area contributed by atoms with Gasteiger partial charge in [-0.25, -0.2) is 0 Å². The zero-order chi connectivity index (χ0) is 11.1. The third kappa shape index (κ3) is 1.63. The van der Waals surface area contributed by atoms with Gasteiger partial charge in [0.15, 0.2) is 0 Å². The third-order valence-electron chi connectivity index (χ3n) is 3.46. The van der Waals surface area contributed by atoms with Gasteiger partial charge in [0.05, 0.1) is 0 Å². The van der Waals surface area contributed by atoms with E-state index in [4.69, 9.17) is 0 Å². The van der Waals surface area contributed by atoms with E-state index in [2.05, 4.69) is 4.90 Å². The van der Waals surface area contributed by atoms with Gasteiger partial charge in [-0.2, -0.15) is 11.8 Å². The van der Waals surface area contributed by atoms with Crippen LogP contribution >= 0.6 is 11.8 Å². The quantitative estimate of drug-likeness (QED) is 0.742. The van der Waals surface area contributed by atoms with Crippen LogP contribution in [0.15, 0.2) is 24.3 Å². The van der Waals surface area contributed by atoms with E-state index in [0.717, 1.165) is 17.9 Å². The molecule has 0 N–H and O–H groups in total. The molecule has 84 valence electrons. The van der Waals surface area contributed by atoms with Crippen LogP contribution in [0.25, 0.3) is 0 Å². The first-order valence-electron chi connectivity index (χ1n) is 5.73. The molecule has 2 fully saturated rings. The number of fused-ring (bicyclic) bond motifs is 2. The Hall–Kier alpha value is -0.960. The Morgan fingerprint density at radius 2 is 2.12 bits per heavy atom. The van der Waals surface area contributed by atoms with Crippen molar-refractivity contribution in [3.05, 3.63) is 35.4 Å². The van der Waals surface area contributed by atoms with Crippen LogP contribution in [0.2, 0.25) is 0 Å². The van der Waals surface area contributed by atoms with Crippen LogP contribution in [-0.2, 0) is 0 Å². The number of carbonyl (C=O) groups excluding carboxylic acids is 1. The Labute approximate surface area is 100 Å². The zero-order valence-electron chi connectivity index (χ0n) is 9.35. The molecule has 2 unspecified atom stereocenters. The topological polar surface area (TPSA) is 20.3 Å². The van der Waals surface area contributed by atoms with Gasteiger partial charge in [-0.1, -0.05) is 17.7 Å². The summed E-state index contributed by atoms with van der Waals surface area (Å²) in [4.78, 5) is 14.3. The summed E-state index contributed by atoms with van der Waals surface area (Å²) in [6.45, 7) is 2.99. The van der Waals surface area contributed by atoms with Gasteiger partial charge in [-0.15, -0.1) is 0 Å². The average Bonchev–Trinajstić information content (AvgIpc) is 2.91. The second-order valence-electron chi connectivity index (χ2n) is 4.67. The molecule has 2 nitrogen and oxygen atoms in total. The molecule has 3 rings (SSSR count). The van der Waals surface area contributed by atoms with Crippen molar-refractivity contribution < 1.29 is 4.79 Å². The Morgan fingerprint density at radius 1 is 1.38 bits per heavy atom. The number of nitrogens with zero attached hydrogens (tertiary/aromatic N) is 1. The fraction of sp³-hybridized carbons (Fsp3) is 0.462. The molecule has 1 aromatic rings. The first kappa shape index (κ1) is 10.2. The summed E-state index contributed by atoms with van der Waals surface area (Å²) >= 11 is 2.02. The van der Waals surface area contributed by atoms with Crippen molar-refractivity contribution in [2.24, 2.45) is 0 Å². The predicted molar refractivity (Wildman–Crippen MR) is 66.9 cm³/mol. The molecular formula is C13H15NOS. The lowest BCUT2D eigenvalue weighted by Gasteiger charge is -2.26. The maximum atomic E-state index is 12.3. The molecule has 1 aromatic carbocycles. The predicted octanol–water partition coefficient (Wildman–Crippen LogP) is 2.32. The smallest absolute Gasteiger partial charge is 0.254 e. The highest BCUT2D eigenvalue weighted by atomic mass is 32.2. The van der Waals surface area contributed by atoms with Crippen LogP contribution < -0.4 is 0 Å². The SMILES string of the molecule is Cc1ccc(C(=O)N2CC3CC2CS3)cc1. The molecule has 2 bridgehead atoms. The fourth-order valence-electron chi connectivity index (χ4n) is 2.51. The molecule has 2 atom stereocenters. The van der Waals surface area contributed by atoms with E-state index in [0.29, 0.717) is 11.3 Å². The molecule has 0 spiro atoms. The summed E-state index contributed by atoms with van der Waals surface area (Å²) in [5, 5.41) is 0.694. The number of rotatable bonds is 1. The monoisotopic (exact) mass is 233 g/mol. The Bertz CT molecular complexity index is 414. The summed E-state index contributed by atoms with van der Waals surface area (Å²) in [5.41, 5.74) is 2.04. The molecule has 0 aliphatic carbocycles. The second-order valence-corrected chi connectivity index (χ2v) is 6.00. The van der Waals surface area contributed by atoms with Crippen molar-refractivity contribution >= 4 is 17.7 Å². The van der Waals surface area contributed by atoms with Crippen LogP contribution in [0, 0.1) is 6.92 Å². The van der Waals surface area contributed by atoms with E-state index in [1.165, 1.54) is 12.0 Å². The van der Waals surface area contributed by atoms with Gasteiger partial charge >= 0.3 is 0 Å². The lowest BCUT2D eigenvalue weighted by atomic mass is 10.1. The van der Waals surface area contributed by atoms with Crippen LogP contribution in [-0.4, -0.2) is 34.4 Å². The Balaban J connectivity index is 1.80. The van der Waals surface area contributed by atoms with Crippen LogP contribution in [0.5, 0.6) is 0 Å². The number of aryl methyl sites for hydroxylation is 1. The average molecular weight is 233 g/mol. The lowest BCUT2D eigenvalue weighted by molar-refractivity contribution is 0.0747. The number of amides is 1. The largest absolute Gasteiger partial charge is 0.334 e. The van der Waals surface area contributed by atoms with Gasteiger partial charge in [-0.3, -0.25) is 4.79 Å². The minimum Gasteiger partial charge on any atom is -0.334 e. The second kappa shape index (κ2) is 3.81. The first-order valence-corrected chi connectivity index (χ1v) is 6.78. The summed E-state index contributed by atoms with van der Waals surface area (Å²) in [6.07, 6.45) is 1.20. The highest BCUT2D eigenvalue weighted by molar-refractivity contribution is 8.00. The number of carbonyl (C=O) groups is 1. The lowest BCUT2D eigenvalue weighted by Crippen LogP contribution is -2.39. The van der Waals surface area contributed by atoms with Crippen LogP contribution in [0.1, 0.15) is 22.3 Å². The Morgan fingerprint density at radius 3 is 2.69 bits per heavy atom. The minimum atomic E-state index is 0.216. The molecule has 16 heavy (non-hydrogen) atoms. The summed E-state index contributed by atoms with van der Waals surface area (Å²) in [6, 6.07) is 8.39.